The third-order valence-electron chi connectivity index (χ3n) is 3.14. The number of aromatic hydroxyl groups is 1. The Hall–Kier alpha value is -2.59. The molecular formula is C16H16BrN3O5S. The van der Waals surface area contributed by atoms with Gasteiger partial charge < -0.3 is 15.2 Å². The van der Waals surface area contributed by atoms with Crippen molar-refractivity contribution in [2.75, 3.05) is 12.4 Å². The SMILES string of the molecule is COc1cc(/C=N\NS(=O)(=O)c2ccc(NC(C)=O)cc2)cc(Br)c1O. The first kappa shape index (κ1) is 19.7. The first-order chi connectivity index (χ1) is 12.2. The molecular weight excluding hydrogens is 426 g/mol. The lowest BCUT2D eigenvalue weighted by molar-refractivity contribution is -0.114. The number of benzene rings is 2. The van der Waals surface area contributed by atoms with Crippen LogP contribution in [0.5, 0.6) is 11.5 Å². The van der Waals surface area contributed by atoms with Crippen LogP contribution in [0.1, 0.15) is 12.5 Å². The molecule has 1 amide bonds. The average Bonchev–Trinajstić information content (AvgIpc) is 2.57. The van der Waals surface area contributed by atoms with E-state index in [1.165, 1.54) is 50.6 Å². The van der Waals surface area contributed by atoms with E-state index in [1.807, 2.05) is 0 Å². The molecule has 0 bridgehead atoms. The van der Waals surface area contributed by atoms with Crippen LogP contribution in [0.15, 0.2) is 50.9 Å². The van der Waals surface area contributed by atoms with Crippen LogP contribution in [0.25, 0.3) is 0 Å². The van der Waals surface area contributed by atoms with Gasteiger partial charge in [-0.2, -0.15) is 13.5 Å². The molecule has 0 spiro atoms. The predicted octanol–water partition coefficient (Wildman–Crippen LogP) is 2.43. The van der Waals surface area contributed by atoms with Crippen molar-refractivity contribution in [3.8, 4) is 11.5 Å². The molecule has 0 fully saturated rings. The molecule has 0 aliphatic rings. The Morgan fingerprint density at radius 3 is 2.50 bits per heavy atom. The van der Waals surface area contributed by atoms with Crippen molar-refractivity contribution in [3.63, 3.8) is 0 Å². The van der Waals surface area contributed by atoms with Crippen LogP contribution in [0, 0.1) is 0 Å². The van der Waals surface area contributed by atoms with Gasteiger partial charge in [0.1, 0.15) is 0 Å². The number of hydrogen-bond donors (Lipinski definition) is 3. The van der Waals surface area contributed by atoms with Gasteiger partial charge in [-0.05, 0) is 57.9 Å². The number of carbonyl (C=O) groups excluding carboxylic acids is 1. The lowest BCUT2D eigenvalue weighted by Crippen LogP contribution is -2.18. The zero-order valence-corrected chi connectivity index (χ0v) is 16.3. The van der Waals surface area contributed by atoms with E-state index in [0.29, 0.717) is 15.7 Å². The van der Waals surface area contributed by atoms with Crippen LogP contribution in [0.4, 0.5) is 5.69 Å². The maximum atomic E-state index is 12.2. The van der Waals surface area contributed by atoms with E-state index in [2.05, 4.69) is 31.2 Å². The van der Waals surface area contributed by atoms with Crippen molar-refractivity contribution >= 4 is 43.8 Å². The van der Waals surface area contributed by atoms with Gasteiger partial charge in [0, 0.05) is 12.6 Å². The summed E-state index contributed by atoms with van der Waals surface area (Å²) in [6, 6.07) is 8.70. The second kappa shape index (κ2) is 8.19. The number of ether oxygens (including phenoxy) is 1. The number of halogens is 1. The molecule has 0 saturated carbocycles. The van der Waals surface area contributed by atoms with Gasteiger partial charge in [0.15, 0.2) is 11.5 Å². The van der Waals surface area contributed by atoms with Gasteiger partial charge >= 0.3 is 0 Å². The van der Waals surface area contributed by atoms with Crippen molar-refractivity contribution in [1.82, 2.24) is 4.83 Å². The minimum Gasteiger partial charge on any atom is -0.503 e. The van der Waals surface area contributed by atoms with Gasteiger partial charge in [-0.25, -0.2) is 4.83 Å². The lowest BCUT2D eigenvalue weighted by Gasteiger charge is -2.07. The maximum Gasteiger partial charge on any atom is 0.276 e. The molecule has 26 heavy (non-hydrogen) atoms. The summed E-state index contributed by atoms with van der Waals surface area (Å²) >= 11 is 3.17. The highest BCUT2D eigenvalue weighted by Crippen LogP contribution is 2.34. The Morgan fingerprint density at radius 1 is 1.27 bits per heavy atom. The van der Waals surface area contributed by atoms with Gasteiger partial charge in [-0.1, -0.05) is 0 Å². The van der Waals surface area contributed by atoms with E-state index in [4.69, 9.17) is 4.74 Å². The number of amides is 1. The Kier molecular flexibility index (Phi) is 6.22. The standard InChI is InChI=1S/C16H16BrN3O5S/c1-10(21)19-12-3-5-13(6-4-12)26(23,24)20-18-9-11-7-14(17)16(22)15(8-11)25-2/h3-9,20,22H,1-2H3,(H,19,21)/b18-9-. The molecule has 0 aliphatic carbocycles. The first-order valence-electron chi connectivity index (χ1n) is 7.22. The Morgan fingerprint density at radius 2 is 1.92 bits per heavy atom. The summed E-state index contributed by atoms with van der Waals surface area (Å²) in [5, 5.41) is 16.0. The number of rotatable bonds is 6. The highest BCUT2D eigenvalue weighted by molar-refractivity contribution is 9.10. The molecule has 0 unspecified atom stereocenters. The molecule has 2 rings (SSSR count). The molecule has 0 radical (unpaired) electrons. The quantitative estimate of drug-likeness (QED) is 0.469. The number of methoxy groups -OCH3 is 1. The minimum atomic E-state index is -3.86. The van der Waals surface area contributed by atoms with Crippen molar-refractivity contribution in [2.24, 2.45) is 5.10 Å². The van der Waals surface area contributed by atoms with Crippen molar-refractivity contribution < 1.29 is 23.1 Å². The molecule has 0 saturated heterocycles. The number of phenols is 1. The molecule has 8 nitrogen and oxygen atoms in total. The predicted molar refractivity (Wildman–Crippen MR) is 101 cm³/mol. The Bertz CT molecular complexity index is 943. The zero-order valence-electron chi connectivity index (χ0n) is 13.9. The van der Waals surface area contributed by atoms with Crippen LogP contribution in [0.3, 0.4) is 0 Å². The monoisotopic (exact) mass is 441 g/mol. The minimum absolute atomic E-state index is 0.00628. The Labute approximate surface area is 159 Å². The maximum absolute atomic E-state index is 12.2. The van der Waals surface area contributed by atoms with Gasteiger partial charge in [-0.3, -0.25) is 4.79 Å². The lowest BCUT2D eigenvalue weighted by atomic mass is 10.2. The second-order valence-electron chi connectivity index (χ2n) is 5.11. The van der Waals surface area contributed by atoms with Crippen molar-refractivity contribution in [2.45, 2.75) is 11.8 Å². The topological polar surface area (TPSA) is 117 Å². The highest BCUT2D eigenvalue weighted by Gasteiger charge is 2.13. The molecule has 0 aromatic heterocycles. The summed E-state index contributed by atoms with van der Waals surface area (Å²) in [4.78, 5) is 13.1. The molecule has 10 heteroatoms. The second-order valence-corrected chi connectivity index (χ2v) is 7.63. The number of carbonyl (C=O) groups is 1. The number of hydrazone groups is 1. The smallest absolute Gasteiger partial charge is 0.276 e. The zero-order chi connectivity index (χ0) is 19.3. The summed E-state index contributed by atoms with van der Waals surface area (Å²) in [6.07, 6.45) is 1.27. The normalized spacial score (nSPS) is 11.3. The van der Waals surface area contributed by atoms with Crippen LogP contribution in [-0.2, 0) is 14.8 Å². The highest BCUT2D eigenvalue weighted by atomic mass is 79.9. The molecule has 2 aromatic carbocycles. The number of phenolic OH excluding ortho intramolecular Hbond substituents is 1. The fourth-order valence-electron chi connectivity index (χ4n) is 1.97. The van der Waals surface area contributed by atoms with Crippen molar-refractivity contribution in [3.05, 3.63) is 46.4 Å². The summed E-state index contributed by atoms with van der Waals surface area (Å²) in [5.41, 5.74) is 0.997. The molecule has 0 heterocycles. The van der Waals surface area contributed by atoms with Crippen LogP contribution < -0.4 is 14.9 Å². The van der Waals surface area contributed by atoms with Gasteiger partial charge in [-0.15, -0.1) is 0 Å². The average molecular weight is 442 g/mol. The summed E-state index contributed by atoms with van der Waals surface area (Å²) < 4.78 is 29.8. The molecule has 0 aliphatic heterocycles. The molecule has 2 aromatic rings. The van der Waals surface area contributed by atoms with Crippen LogP contribution in [-0.4, -0.2) is 32.8 Å². The number of nitrogens with one attached hydrogen (secondary N) is 2. The number of hydrogen-bond acceptors (Lipinski definition) is 6. The number of nitrogens with zero attached hydrogens (tertiary/aromatic N) is 1. The van der Waals surface area contributed by atoms with E-state index < -0.39 is 10.0 Å². The third kappa shape index (κ3) is 4.96. The Balaban J connectivity index is 2.13. The van der Waals surface area contributed by atoms with E-state index in [-0.39, 0.29) is 22.3 Å². The summed E-state index contributed by atoms with van der Waals surface area (Å²) in [5.74, 6) is -0.0967. The fraction of sp³-hybridized carbons (Fsp3) is 0.125. The largest absolute Gasteiger partial charge is 0.503 e. The fourth-order valence-corrected chi connectivity index (χ4v) is 3.22. The molecule has 138 valence electrons. The van der Waals surface area contributed by atoms with E-state index in [9.17, 15) is 18.3 Å². The van der Waals surface area contributed by atoms with Gasteiger partial charge in [0.25, 0.3) is 10.0 Å². The van der Waals surface area contributed by atoms with Crippen LogP contribution >= 0.6 is 15.9 Å². The number of anilines is 1. The van der Waals surface area contributed by atoms with Gasteiger partial charge in [0.2, 0.25) is 5.91 Å². The molecule has 0 atom stereocenters. The third-order valence-corrected chi connectivity index (χ3v) is 4.99. The van der Waals surface area contributed by atoms with E-state index in [1.54, 1.807) is 6.07 Å². The summed E-state index contributed by atoms with van der Waals surface area (Å²) in [6.45, 7) is 1.36. The summed E-state index contributed by atoms with van der Waals surface area (Å²) in [7, 11) is -2.46. The number of sulfonamides is 1. The van der Waals surface area contributed by atoms with Crippen molar-refractivity contribution in [1.29, 1.82) is 0 Å². The molecule has 3 N–H and O–H groups in total. The van der Waals surface area contributed by atoms with Crippen LogP contribution in [0.2, 0.25) is 0 Å². The van der Waals surface area contributed by atoms with E-state index in [0.717, 1.165) is 0 Å². The van der Waals surface area contributed by atoms with Gasteiger partial charge in [0.05, 0.1) is 22.7 Å². The van der Waals surface area contributed by atoms with E-state index >= 15 is 0 Å². The first-order valence-corrected chi connectivity index (χ1v) is 9.49.